The highest BCUT2D eigenvalue weighted by Crippen LogP contribution is 2.30. The van der Waals surface area contributed by atoms with Gasteiger partial charge in [0.05, 0.1) is 17.6 Å². The molecule has 0 saturated carbocycles. The summed E-state index contributed by atoms with van der Waals surface area (Å²) in [7, 11) is 0. The van der Waals surface area contributed by atoms with Crippen molar-refractivity contribution in [3.8, 4) is 0 Å². The molecule has 1 aromatic heterocycles. The van der Waals surface area contributed by atoms with Gasteiger partial charge in [0.1, 0.15) is 5.03 Å². The Balaban J connectivity index is 2.06. The van der Waals surface area contributed by atoms with Crippen molar-refractivity contribution in [2.24, 2.45) is 0 Å². The second-order valence-corrected chi connectivity index (χ2v) is 5.82. The smallest absolute Gasteiger partial charge is 0.359 e. The van der Waals surface area contributed by atoms with Crippen molar-refractivity contribution < 1.29 is 9.53 Å². The third kappa shape index (κ3) is 3.43. The average molecular weight is 325 g/mol. The highest BCUT2D eigenvalue weighted by molar-refractivity contribution is 7.99. The molecule has 0 aliphatic heterocycles. The van der Waals surface area contributed by atoms with Gasteiger partial charge in [0.15, 0.2) is 5.69 Å². The number of nitrogens with two attached hydrogens (primary N) is 1. The summed E-state index contributed by atoms with van der Waals surface area (Å²) in [6.45, 7) is 2.05. The number of hydrogen-bond donors (Lipinski definition) is 1. The summed E-state index contributed by atoms with van der Waals surface area (Å²) >= 11 is 1.36. The quantitative estimate of drug-likeness (QED) is 0.584. The van der Waals surface area contributed by atoms with Crippen molar-refractivity contribution in [3.05, 3.63) is 54.2 Å². The molecule has 0 atom stereocenters. The van der Waals surface area contributed by atoms with Gasteiger partial charge in [-0.05, 0) is 43.3 Å². The van der Waals surface area contributed by atoms with Crippen molar-refractivity contribution in [1.82, 2.24) is 9.97 Å². The van der Waals surface area contributed by atoms with E-state index < -0.39 is 5.97 Å². The predicted molar refractivity (Wildman–Crippen MR) is 90.5 cm³/mol. The molecule has 0 fully saturated rings. The van der Waals surface area contributed by atoms with E-state index in [1.807, 2.05) is 36.4 Å². The Hall–Kier alpha value is -2.60. The van der Waals surface area contributed by atoms with E-state index in [1.54, 1.807) is 19.1 Å². The van der Waals surface area contributed by atoms with Crippen molar-refractivity contribution in [2.75, 3.05) is 12.3 Å². The number of anilines is 1. The Morgan fingerprint density at radius 3 is 2.39 bits per heavy atom. The normalized spacial score (nSPS) is 10.7. The first kappa shape index (κ1) is 15.3. The van der Waals surface area contributed by atoms with E-state index in [9.17, 15) is 4.79 Å². The number of carbonyl (C=O) groups is 1. The molecule has 3 aromatic rings. The molecule has 1 heterocycles. The number of rotatable bonds is 4. The molecule has 0 aliphatic carbocycles. The van der Waals surface area contributed by atoms with Crippen LogP contribution < -0.4 is 5.73 Å². The molecule has 3 rings (SSSR count). The van der Waals surface area contributed by atoms with Crippen LogP contribution in [0.2, 0.25) is 0 Å². The molecule has 0 spiro atoms. The van der Waals surface area contributed by atoms with Crippen LogP contribution in [-0.2, 0) is 4.74 Å². The van der Waals surface area contributed by atoms with Gasteiger partial charge < -0.3 is 10.5 Å². The summed E-state index contributed by atoms with van der Waals surface area (Å²) in [6.07, 6.45) is 0. The van der Waals surface area contributed by atoms with E-state index in [0.717, 1.165) is 10.4 Å². The first-order valence-electron chi connectivity index (χ1n) is 7.14. The van der Waals surface area contributed by atoms with E-state index in [-0.39, 0.29) is 5.69 Å². The van der Waals surface area contributed by atoms with Gasteiger partial charge in [0.2, 0.25) is 0 Å². The second kappa shape index (κ2) is 6.66. The first-order valence-corrected chi connectivity index (χ1v) is 7.96. The number of benzene rings is 2. The molecule has 0 unspecified atom stereocenters. The summed E-state index contributed by atoms with van der Waals surface area (Å²) in [5.41, 5.74) is 8.01. The zero-order chi connectivity index (χ0) is 16.2. The maximum atomic E-state index is 12.2. The monoisotopic (exact) mass is 325 g/mol. The minimum absolute atomic E-state index is 0.229. The van der Waals surface area contributed by atoms with Crippen LogP contribution in [0.5, 0.6) is 0 Å². The minimum atomic E-state index is -0.469. The van der Waals surface area contributed by atoms with Gasteiger partial charge in [-0.3, -0.25) is 0 Å². The minimum Gasteiger partial charge on any atom is -0.461 e. The number of para-hydroxylation sites is 2. The lowest BCUT2D eigenvalue weighted by Crippen LogP contribution is -2.10. The van der Waals surface area contributed by atoms with Crippen LogP contribution >= 0.6 is 11.8 Å². The molecule has 116 valence electrons. The highest BCUT2D eigenvalue weighted by atomic mass is 32.2. The number of aromatic nitrogens is 2. The standard InChI is InChI=1S/C17H15N3O2S/c1-2-22-17(21)15-16(23-12-9-7-11(18)8-10-12)20-14-6-4-3-5-13(14)19-15/h3-10H,2,18H2,1H3. The molecule has 2 aromatic carbocycles. The number of fused-ring (bicyclic) bond motifs is 1. The van der Waals surface area contributed by atoms with Gasteiger partial charge in [0, 0.05) is 10.6 Å². The number of hydrogen-bond acceptors (Lipinski definition) is 6. The Kier molecular flexibility index (Phi) is 4.43. The van der Waals surface area contributed by atoms with Gasteiger partial charge in [0.25, 0.3) is 0 Å². The van der Waals surface area contributed by atoms with Crippen LogP contribution in [0.15, 0.2) is 58.5 Å². The van der Waals surface area contributed by atoms with Crippen LogP contribution in [-0.4, -0.2) is 22.5 Å². The van der Waals surface area contributed by atoms with Crippen molar-refractivity contribution in [2.45, 2.75) is 16.8 Å². The largest absolute Gasteiger partial charge is 0.461 e. The molecule has 0 radical (unpaired) electrons. The lowest BCUT2D eigenvalue weighted by atomic mass is 10.3. The molecular formula is C17H15N3O2S. The van der Waals surface area contributed by atoms with E-state index in [4.69, 9.17) is 10.5 Å². The highest BCUT2D eigenvalue weighted by Gasteiger charge is 2.18. The summed E-state index contributed by atoms with van der Waals surface area (Å²) in [6, 6.07) is 14.8. The van der Waals surface area contributed by atoms with Crippen LogP contribution in [0.25, 0.3) is 11.0 Å². The van der Waals surface area contributed by atoms with Crippen LogP contribution in [0, 0.1) is 0 Å². The van der Waals surface area contributed by atoms with E-state index >= 15 is 0 Å². The zero-order valence-electron chi connectivity index (χ0n) is 12.5. The number of ether oxygens (including phenoxy) is 1. The van der Waals surface area contributed by atoms with Gasteiger partial charge in [-0.25, -0.2) is 14.8 Å². The zero-order valence-corrected chi connectivity index (χ0v) is 13.3. The van der Waals surface area contributed by atoms with Crippen LogP contribution in [0.1, 0.15) is 17.4 Å². The maximum Gasteiger partial charge on any atom is 0.359 e. The average Bonchev–Trinajstić information content (AvgIpc) is 2.56. The Morgan fingerprint density at radius 1 is 1.09 bits per heavy atom. The van der Waals surface area contributed by atoms with Gasteiger partial charge in [-0.2, -0.15) is 0 Å². The SMILES string of the molecule is CCOC(=O)c1nc2ccccc2nc1Sc1ccc(N)cc1. The fourth-order valence-corrected chi connectivity index (χ4v) is 2.90. The van der Waals surface area contributed by atoms with Crippen LogP contribution in [0.4, 0.5) is 5.69 Å². The van der Waals surface area contributed by atoms with Gasteiger partial charge in [-0.15, -0.1) is 0 Å². The van der Waals surface area contributed by atoms with E-state index in [2.05, 4.69) is 9.97 Å². The third-order valence-electron chi connectivity index (χ3n) is 3.10. The topological polar surface area (TPSA) is 78.1 Å². The second-order valence-electron chi connectivity index (χ2n) is 4.76. The molecule has 23 heavy (non-hydrogen) atoms. The van der Waals surface area contributed by atoms with Crippen LogP contribution in [0.3, 0.4) is 0 Å². The molecule has 0 amide bonds. The Morgan fingerprint density at radius 2 is 1.74 bits per heavy atom. The Labute approximate surface area is 137 Å². The number of esters is 1. The fourth-order valence-electron chi connectivity index (χ4n) is 2.03. The summed E-state index contributed by atoms with van der Waals surface area (Å²) in [5.74, 6) is -0.469. The molecule has 5 nitrogen and oxygen atoms in total. The predicted octanol–water partition coefficient (Wildman–Crippen LogP) is 3.54. The lowest BCUT2D eigenvalue weighted by molar-refractivity contribution is 0.0514. The van der Waals surface area contributed by atoms with E-state index in [1.165, 1.54) is 11.8 Å². The number of carbonyl (C=O) groups excluding carboxylic acids is 1. The molecule has 0 bridgehead atoms. The van der Waals surface area contributed by atoms with Crippen molar-refractivity contribution in [1.29, 1.82) is 0 Å². The molecule has 0 aliphatic rings. The summed E-state index contributed by atoms with van der Waals surface area (Å²) in [5, 5.41) is 0.520. The van der Waals surface area contributed by atoms with Gasteiger partial charge >= 0.3 is 5.97 Å². The van der Waals surface area contributed by atoms with E-state index in [0.29, 0.717) is 22.8 Å². The van der Waals surface area contributed by atoms with Gasteiger partial charge in [-0.1, -0.05) is 23.9 Å². The fraction of sp³-hybridized carbons (Fsp3) is 0.118. The molecule has 6 heteroatoms. The molecular weight excluding hydrogens is 310 g/mol. The summed E-state index contributed by atoms with van der Waals surface area (Å²) in [4.78, 5) is 22.1. The summed E-state index contributed by atoms with van der Waals surface area (Å²) < 4.78 is 5.10. The number of nitrogens with zero attached hydrogens (tertiary/aromatic N) is 2. The molecule has 2 N–H and O–H groups in total. The van der Waals surface area contributed by atoms with Crippen molar-refractivity contribution >= 4 is 34.5 Å². The van der Waals surface area contributed by atoms with Crippen molar-refractivity contribution in [3.63, 3.8) is 0 Å². The third-order valence-corrected chi connectivity index (χ3v) is 4.09. The Bertz CT molecular complexity index is 850. The molecule has 0 saturated heterocycles. The number of nitrogen functional groups attached to an aromatic ring is 1. The first-order chi connectivity index (χ1) is 11.2. The maximum absolute atomic E-state index is 12.2. The lowest BCUT2D eigenvalue weighted by Gasteiger charge is -2.09.